The molecule has 1 aromatic rings. The van der Waals surface area contributed by atoms with Gasteiger partial charge in [-0.05, 0) is 11.6 Å². The number of hydrogen-bond acceptors (Lipinski definition) is 3. The molecule has 92 valence electrons. The molecule has 0 spiro atoms. The maximum absolute atomic E-state index is 11.1. The molecule has 0 aliphatic rings. The molecule has 0 amide bonds. The van der Waals surface area contributed by atoms with E-state index in [1.165, 1.54) is 7.05 Å². The van der Waals surface area contributed by atoms with E-state index >= 15 is 0 Å². The molecule has 0 radical (unpaired) electrons. The monoisotopic (exact) mass is 253 g/mol. The third-order valence-electron chi connectivity index (χ3n) is 2.17. The van der Waals surface area contributed by atoms with Crippen LogP contribution in [-0.2, 0) is 16.8 Å². The molecule has 4 N–H and O–H groups in total. The molecular weight excluding hydrogens is 238 g/mol. The summed E-state index contributed by atoms with van der Waals surface area (Å²) in [4.78, 5) is 0. The SMILES string of the molecule is CN(Cc1ccccc1C#CCN)S(N)(=O)=O. The van der Waals surface area contributed by atoms with Crippen molar-refractivity contribution >= 4 is 10.2 Å². The van der Waals surface area contributed by atoms with Gasteiger partial charge < -0.3 is 5.73 Å². The van der Waals surface area contributed by atoms with Crippen LogP contribution in [0.25, 0.3) is 0 Å². The summed E-state index contributed by atoms with van der Waals surface area (Å²) in [5, 5.41) is 5.02. The Balaban J connectivity index is 2.99. The zero-order chi connectivity index (χ0) is 12.9. The van der Waals surface area contributed by atoms with E-state index < -0.39 is 10.2 Å². The summed E-state index contributed by atoms with van der Waals surface area (Å²) in [5.74, 6) is 5.63. The lowest BCUT2D eigenvalue weighted by molar-refractivity contribution is 0.467. The third-order valence-corrected chi connectivity index (χ3v) is 3.17. The Hall–Kier alpha value is -1.39. The van der Waals surface area contributed by atoms with E-state index in [0.717, 1.165) is 15.4 Å². The number of nitrogens with two attached hydrogens (primary N) is 2. The average molecular weight is 253 g/mol. The van der Waals surface area contributed by atoms with Gasteiger partial charge in [0.1, 0.15) is 0 Å². The second kappa shape index (κ2) is 5.80. The number of nitrogens with zero attached hydrogens (tertiary/aromatic N) is 1. The largest absolute Gasteiger partial charge is 0.320 e. The molecule has 6 heteroatoms. The first-order valence-corrected chi connectivity index (χ1v) is 6.46. The van der Waals surface area contributed by atoms with Gasteiger partial charge >= 0.3 is 0 Å². The van der Waals surface area contributed by atoms with E-state index in [2.05, 4.69) is 11.8 Å². The summed E-state index contributed by atoms with van der Waals surface area (Å²) in [5.41, 5.74) is 6.85. The second-order valence-corrected chi connectivity index (χ2v) is 5.12. The van der Waals surface area contributed by atoms with Crippen molar-refractivity contribution in [1.29, 1.82) is 0 Å². The molecule has 0 unspecified atom stereocenters. The van der Waals surface area contributed by atoms with Gasteiger partial charge in [0.2, 0.25) is 0 Å². The van der Waals surface area contributed by atoms with Crippen LogP contribution in [-0.4, -0.2) is 26.3 Å². The van der Waals surface area contributed by atoms with Gasteiger partial charge in [0.25, 0.3) is 10.2 Å². The molecule has 1 aromatic carbocycles. The Morgan fingerprint density at radius 2 is 2.00 bits per heavy atom. The highest BCUT2D eigenvalue weighted by atomic mass is 32.2. The molecular formula is C11H15N3O2S. The molecule has 0 bridgehead atoms. The van der Waals surface area contributed by atoms with Gasteiger partial charge in [-0.15, -0.1) is 0 Å². The standard InChI is InChI=1S/C11H15N3O2S/c1-14(17(13,15)16)9-11-6-3-2-5-10(11)7-4-8-12/h2-3,5-6H,8-9,12H2,1H3,(H2,13,15,16). The Labute approximate surface area is 102 Å². The highest BCUT2D eigenvalue weighted by Crippen LogP contribution is 2.10. The van der Waals surface area contributed by atoms with Crippen LogP contribution in [0.1, 0.15) is 11.1 Å². The lowest BCUT2D eigenvalue weighted by Gasteiger charge is -2.14. The van der Waals surface area contributed by atoms with Crippen molar-refractivity contribution in [3.05, 3.63) is 35.4 Å². The summed E-state index contributed by atoms with van der Waals surface area (Å²) in [6, 6.07) is 7.28. The first-order chi connectivity index (χ1) is 7.95. The predicted molar refractivity (Wildman–Crippen MR) is 66.9 cm³/mol. The van der Waals surface area contributed by atoms with Gasteiger partial charge in [0.15, 0.2) is 0 Å². The van der Waals surface area contributed by atoms with E-state index in [9.17, 15) is 8.42 Å². The predicted octanol–water partition coefficient (Wildman–Crippen LogP) is -0.368. The van der Waals surface area contributed by atoms with Crippen molar-refractivity contribution < 1.29 is 8.42 Å². The quantitative estimate of drug-likeness (QED) is 0.720. The summed E-state index contributed by atoms with van der Waals surface area (Å²) in [6.45, 7) is 0.452. The highest BCUT2D eigenvalue weighted by molar-refractivity contribution is 7.86. The van der Waals surface area contributed by atoms with Crippen LogP contribution in [0.4, 0.5) is 0 Å². The number of hydrogen-bond donors (Lipinski definition) is 2. The normalized spacial score (nSPS) is 11.1. The number of benzene rings is 1. The zero-order valence-electron chi connectivity index (χ0n) is 9.55. The van der Waals surface area contributed by atoms with Gasteiger partial charge in [-0.3, -0.25) is 0 Å². The van der Waals surface area contributed by atoms with Crippen LogP contribution in [0.15, 0.2) is 24.3 Å². The van der Waals surface area contributed by atoms with Gasteiger partial charge in [-0.25, -0.2) is 5.14 Å². The Bertz CT molecular complexity index is 543. The highest BCUT2D eigenvalue weighted by Gasteiger charge is 2.13. The minimum absolute atomic E-state index is 0.189. The van der Waals surface area contributed by atoms with E-state index in [4.69, 9.17) is 10.9 Å². The summed E-state index contributed by atoms with van der Waals surface area (Å²) < 4.78 is 23.3. The summed E-state index contributed by atoms with van der Waals surface area (Å²) in [6.07, 6.45) is 0. The summed E-state index contributed by atoms with van der Waals surface area (Å²) in [7, 11) is -2.26. The fourth-order valence-electron chi connectivity index (χ4n) is 1.26. The van der Waals surface area contributed by atoms with E-state index in [1.54, 1.807) is 0 Å². The lowest BCUT2D eigenvalue weighted by Crippen LogP contribution is -2.32. The molecule has 5 nitrogen and oxygen atoms in total. The van der Waals surface area contributed by atoms with E-state index in [0.29, 0.717) is 0 Å². The summed E-state index contributed by atoms with van der Waals surface area (Å²) >= 11 is 0. The molecule has 0 atom stereocenters. The first-order valence-electron chi connectivity index (χ1n) is 4.96. The smallest absolute Gasteiger partial charge is 0.276 e. The van der Waals surface area contributed by atoms with Crippen molar-refractivity contribution in [3.8, 4) is 11.8 Å². The van der Waals surface area contributed by atoms with E-state index in [1.807, 2.05) is 24.3 Å². The van der Waals surface area contributed by atoms with Crippen LogP contribution in [0, 0.1) is 11.8 Å². The topological polar surface area (TPSA) is 89.4 Å². The van der Waals surface area contributed by atoms with Crippen molar-refractivity contribution in [1.82, 2.24) is 4.31 Å². The molecule has 0 aliphatic heterocycles. The minimum atomic E-state index is -3.68. The molecule has 0 heterocycles. The molecule has 0 fully saturated rings. The lowest BCUT2D eigenvalue weighted by atomic mass is 10.1. The van der Waals surface area contributed by atoms with Crippen LogP contribution < -0.4 is 10.9 Å². The van der Waals surface area contributed by atoms with Gasteiger partial charge in [0.05, 0.1) is 6.54 Å². The molecule has 0 aromatic heterocycles. The number of rotatable bonds is 3. The first kappa shape index (κ1) is 13.7. The Morgan fingerprint density at radius 1 is 1.35 bits per heavy atom. The van der Waals surface area contributed by atoms with Crippen LogP contribution >= 0.6 is 0 Å². The van der Waals surface area contributed by atoms with Crippen LogP contribution in [0.3, 0.4) is 0 Å². The van der Waals surface area contributed by atoms with Crippen LogP contribution in [0.5, 0.6) is 0 Å². The average Bonchev–Trinajstić information content (AvgIpc) is 2.26. The Kier molecular flexibility index (Phi) is 4.66. The molecule has 0 aliphatic carbocycles. The van der Waals surface area contributed by atoms with Crippen LogP contribution in [0.2, 0.25) is 0 Å². The van der Waals surface area contributed by atoms with Crippen molar-refractivity contribution in [2.24, 2.45) is 10.9 Å². The Morgan fingerprint density at radius 3 is 2.59 bits per heavy atom. The minimum Gasteiger partial charge on any atom is -0.320 e. The van der Waals surface area contributed by atoms with E-state index in [-0.39, 0.29) is 13.1 Å². The molecule has 17 heavy (non-hydrogen) atoms. The van der Waals surface area contributed by atoms with Gasteiger partial charge in [-0.2, -0.15) is 12.7 Å². The molecule has 1 rings (SSSR count). The third kappa shape index (κ3) is 4.17. The molecule has 0 saturated heterocycles. The molecule has 0 saturated carbocycles. The fourth-order valence-corrected chi connectivity index (χ4v) is 1.58. The zero-order valence-corrected chi connectivity index (χ0v) is 10.4. The van der Waals surface area contributed by atoms with Crippen molar-refractivity contribution in [3.63, 3.8) is 0 Å². The maximum Gasteiger partial charge on any atom is 0.276 e. The van der Waals surface area contributed by atoms with Gasteiger partial charge in [0, 0.05) is 19.2 Å². The van der Waals surface area contributed by atoms with Crippen molar-refractivity contribution in [2.45, 2.75) is 6.54 Å². The van der Waals surface area contributed by atoms with Gasteiger partial charge in [-0.1, -0.05) is 30.0 Å². The fraction of sp³-hybridized carbons (Fsp3) is 0.273. The second-order valence-electron chi connectivity index (χ2n) is 3.46. The maximum atomic E-state index is 11.1. The van der Waals surface area contributed by atoms with Crippen molar-refractivity contribution in [2.75, 3.05) is 13.6 Å².